The van der Waals surface area contributed by atoms with Crippen molar-refractivity contribution in [1.29, 1.82) is 0 Å². The molecular formula is C21H18ClFN2O3S. The standard InChI is InChI=1S/C21H18ClFN2O3S/c1-11-7-12(2)19(13(3)8-11)24-18(26)10-25-20(27)17(29-21(25)28)9-14-15(22)5-4-6-16(14)23/h4-9H,10H2,1-3H3,(H,24,26)/b17-9-. The summed E-state index contributed by atoms with van der Waals surface area (Å²) >= 11 is 6.62. The van der Waals surface area contributed by atoms with Gasteiger partial charge in [0.2, 0.25) is 5.91 Å². The second-order valence-corrected chi connectivity index (χ2v) is 8.13. The van der Waals surface area contributed by atoms with Gasteiger partial charge in [-0.1, -0.05) is 35.4 Å². The number of benzene rings is 2. The van der Waals surface area contributed by atoms with Gasteiger partial charge in [-0.15, -0.1) is 0 Å². The van der Waals surface area contributed by atoms with Crippen molar-refractivity contribution in [2.24, 2.45) is 0 Å². The second-order valence-electron chi connectivity index (χ2n) is 6.73. The van der Waals surface area contributed by atoms with Crippen LogP contribution >= 0.6 is 23.4 Å². The lowest BCUT2D eigenvalue weighted by Crippen LogP contribution is -2.36. The van der Waals surface area contributed by atoms with Crippen LogP contribution in [-0.4, -0.2) is 28.5 Å². The van der Waals surface area contributed by atoms with Crippen molar-refractivity contribution in [3.8, 4) is 0 Å². The van der Waals surface area contributed by atoms with E-state index >= 15 is 0 Å². The third kappa shape index (κ3) is 4.52. The normalized spacial score (nSPS) is 15.3. The lowest BCUT2D eigenvalue weighted by atomic mass is 10.1. The second kappa shape index (κ2) is 8.39. The number of halogens is 2. The van der Waals surface area contributed by atoms with Crippen molar-refractivity contribution in [3.05, 3.63) is 68.3 Å². The molecule has 1 N–H and O–H groups in total. The molecule has 0 bridgehead atoms. The summed E-state index contributed by atoms with van der Waals surface area (Å²) in [6.45, 7) is 5.27. The summed E-state index contributed by atoms with van der Waals surface area (Å²) in [6, 6.07) is 8.01. The highest BCUT2D eigenvalue weighted by Crippen LogP contribution is 2.34. The first-order valence-electron chi connectivity index (χ1n) is 8.74. The van der Waals surface area contributed by atoms with Gasteiger partial charge in [-0.3, -0.25) is 19.3 Å². The fourth-order valence-electron chi connectivity index (χ4n) is 3.12. The SMILES string of the molecule is Cc1cc(C)c(NC(=O)CN2C(=O)S/C(=C\c3c(F)cccc3Cl)C2=O)c(C)c1. The monoisotopic (exact) mass is 432 g/mol. The number of hydrogen-bond donors (Lipinski definition) is 1. The number of anilines is 1. The predicted octanol–water partition coefficient (Wildman–Crippen LogP) is 5.08. The van der Waals surface area contributed by atoms with Gasteiger partial charge < -0.3 is 5.32 Å². The molecule has 0 unspecified atom stereocenters. The molecule has 0 aromatic heterocycles. The minimum Gasteiger partial charge on any atom is -0.324 e. The fourth-order valence-corrected chi connectivity index (χ4v) is 4.15. The van der Waals surface area contributed by atoms with Gasteiger partial charge in [0.05, 0.1) is 9.93 Å². The summed E-state index contributed by atoms with van der Waals surface area (Å²) in [5, 5.41) is 2.29. The van der Waals surface area contributed by atoms with Gasteiger partial charge in [0.15, 0.2) is 0 Å². The van der Waals surface area contributed by atoms with E-state index in [2.05, 4.69) is 5.32 Å². The van der Waals surface area contributed by atoms with Crippen LogP contribution in [0.2, 0.25) is 5.02 Å². The molecule has 1 saturated heterocycles. The molecule has 2 aromatic carbocycles. The highest BCUT2D eigenvalue weighted by atomic mass is 35.5. The number of thioether (sulfide) groups is 1. The molecule has 2 aromatic rings. The summed E-state index contributed by atoms with van der Waals surface area (Å²) < 4.78 is 14.0. The minimum atomic E-state index is -0.660. The minimum absolute atomic E-state index is 0.0116. The van der Waals surface area contributed by atoms with Crippen LogP contribution < -0.4 is 5.32 Å². The van der Waals surface area contributed by atoms with Crippen LogP contribution in [0.25, 0.3) is 6.08 Å². The Balaban J connectivity index is 1.77. The van der Waals surface area contributed by atoms with Crippen LogP contribution in [0, 0.1) is 26.6 Å². The van der Waals surface area contributed by atoms with Crippen molar-refractivity contribution >= 4 is 52.2 Å². The Morgan fingerprint density at radius 2 is 1.86 bits per heavy atom. The highest BCUT2D eigenvalue weighted by Gasteiger charge is 2.36. The Morgan fingerprint density at radius 1 is 1.21 bits per heavy atom. The number of nitrogens with one attached hydrogen (secondary N) is 1. The smallest absolute Gasteiger partial charge is 0.294 e. The molecule has 0 aliphatic carbocycles. The van der Waals surface area contributed by atoms with Crippen LogP contribution in [0.1, 0.15) is 22.3 Å². The van der Waals surface area contributed by atoms with E-state index in [0.29, 0.717) is 17.4 Å². The molecular weight excluding hydrogens is 415 g/mol. The summed E-state index contributed by atoms with van der Waals surface area (Å²) in [5.41, 5.74) is 3.52. The van der Waals surface area contributed by atoms with Crippen LogP contribution in [0.5, 0.6) is 0 Å². The topological polar surface area (TPSA) is 66.5 Å². The van der Waals surface area contributed by atoms with E-state index in [-0.39, 0.29) is 15.5 Å². The average Bonchev–Trinajstić information content (AvgIpc) is 2.89. The Labute approximate surface area is 176 Å². The van der Waals surface area contributed by atoms with E-state index in [1.54, 1.807) is 0 Å². The Bertz CT molecular complexity index is 1020. The van der Waals surface area contributed by atoms with E-state index in [1.165, 1.54) is 24.3 Å². The average molecular weight is 433 g/mol. The molecule has 3 amide bonds. The fraction of sp³-hybridized carbons (Fsp3) is 0.190. The van der Waals surface area contributed by atoms with E-state index in [0.717, 1.165) is 21.6 Å². The quantitative estimate of drug-likeness (QED) is 0.684. The maximum Gasteiger partial charge on any atom is 0.294 e. The van der Waals surface area contributed by atoms with E-state index in [4.69, 9.17) is 11.6 Å². The number of rotatable bonds is 4. The van der Waals surface area contributed by atoms with Gasteiger partial charge in [0.1, 0.15) is 12.4 Å². The number of carbonyl (C=O) groups excluding carboxylic acids is 3. The highest BCUT2D eigenvalue weighted by molar-refractivity contribution is 8.18. The van der Waals surface area contributed by atoms with Gasteiger partial charge >= 0.3 is 0 Å². The predicted molar refractivity (Wildman–Crippen MR) is 113 cm³/mol. The zero-order chi connectivity index (χ0) is 21.3. The van der Waals surface area contributed by atoms with Gasteiger partial charge in [0, 0.05) is 11.3 Å². The van der Waals surface area contributed by atoms with Gasteiger partial charge in [-0.25, -0.2) is 4.39 Å². The van der Waals surface area contributed by atoms with Crippen LogP contribution in [0.15, 0.2) is 35.2 Å². The van der Waals surface area contributed by atoms with Crippen LogP contribution in [0.3, 0.4) is 0 Å². The molecule has 8 heteroatoms. The number of imide groups is 1. The maximum atomic E-state index is 14.0. The lowest BCUT2D eigenvalue weighted by Gasteiger charge is -2.15. The summed E-state index contributed by atoms with van der Waals surface area (Å²) in [6.07, 6.45) is 1.23. The number of hydrogen-bond acceptors (Lipinski definition) is 4. The van der Waals surface area contributed by atoms with Crippen molar-refractivity contribution < 1.29 is 18.8 Å². The zero-order valence-corrected chi connectivity index (χ0v) is 17.6. The molecule has 5 nitrogen and oxygen atoms in total. The summed E-state index contributed by atoms with van der Waals surface area (Å²) in [5.74, 6) is -1.76. The Hall–Kier alpha value is -2.64. The molecule has 0 atom stereocenters. The molecule has 1 heterocycles. The third-order valence-electron chi connectivity index (χ3n) is 4.39. The van der Waals surface area contributed by atoms with Crippen LogP contribution in [-0.2, 0) is 9.59 Å². The zero-order valence-electron chi connectivity index (χ0n) is 16.0. The van der Waals surface area contributed by atoms with Crippen molar-refractivity contribution in [2.75, 3.05) is 11.9 Å². The van der Waals surface area contributed by atoms with Gasteiger partial charge in [-0.05, 0) is 61.9 Å². The molecule has 1 aliphatic rings. The number of aryl methyl sites for hydroxylation is 3. The lowest BCUT2D eigenvalue weighted by molar-refractivity contribution is -0.127. The van der Waals surface area contributed by atoms with Gasteiger partial charge in [-0.2, -0.15) is 0 Å². The molecule has 1 fully saturated rings. The van der Waals surface area contributed by atoms with E-state index in [9.17, 15) is 18.8 Å². The Morgan fingerprint density at radius 3 is 2.48 bits per heavy atom. The number of nitrogens with zero attached hydrogens (tertiary/aromatic N) is 1. The molecule has 150 valence electrons. The molecule has 0 radical (unpaired) electrons. The summed E-state index contributed by atoms with van der Waals surface area (Å²) in [7, 11) is 0. The largest absolute Gasteiger partial charge is 0.324 e. The first-order valence-corrected chi connectivity index (χ1v) is 9.94. The maximum absolute atomic E-state index is 14.0. The molecule has 0 spiro atoms. The molecule has 29 heavy (non-hydrogen) atoms. The first kappa shape index (κ1) is 21.1. The van der Waals surface area contributed by atoms with Crippen molar-refractivity contribution in [2.45, 2.75) is 20.8 Å². The van der Waals surface area contributed by atoms with Crippen LogP contribution in [0.4, 0.5) is 14.9 Å². The van der Waals surface area contributed by atoms with E-state index in [1.807, 2.05) is 32.9 Å². The third-order valence-corrected chi connectivity index (χ3v) is 5.63. The molecule has 3 rings (SSSR count). The number of carbonyl (C=O) groups is 3. The van der Waals surface area contributed by atoms with Crippen molar-refractivity contribution in [1.82, 2.24) is 4.90 Å². The Kier molecular flexibility index (Phi) is 6.10. The van der Waals surface area contributed by atoms with Crippen molar-refractivity contribution in [3.63, 3.8) is 0 Å². The molecule has 0 saturated carbocycles. The van der Waals surface area contributed by atoms with Gasteiger partial charge in [0.25, 0.3) is 11.1 Å². The molecule has 1 aliphatic heterocycles. The van der Waals surface area contributed by atoms with E-state index < -0.39 is 29.4 Å². The number of amides is 3. The summed E-state index contributed by atoms with van der Waals surface area (Å²) in [4.78, 5) is 38.1. The first-order chi connectivity index (χ1) is 13.7.